The van der Waals surface area contributed by atoms with Crippen molar-refractivity contribution in [1.82, 2.24) is 5.16 Å². The van der Waals surface area contributed by atoms with Crippen molar-refractivity contribution in [3.05, 3.63) is 46.8 Å². The number of carbonyl (C=O) groups is 1. The highest BCUT2D eigenvalue weighted by Crippen LogP contribution is 2.39. The maximum absolute atomic E-state index is 13.1. The molecule has 3 rings (SSSR count). The minimum Gasteiger partial charge on any atom is -0.360 e. The number of carbonyl (C=O) groups excluding carboxylic acids is 1. The molecular weight excluding hydrogens is 345 g/mol. The second-order valence-electron chi connectivity index (χ2n) is 7.74. The largest absolute Gasteiger partial charge is 0.418 e. The Labute approximate surface area is 149 Å². The van der Waals surface area contributed by atoms with Crippen LogP contribution < -0.4 is 5.32 Å². The summed E-state index contributed by atoms with van der Waals surface area (Å²) < 4.78 is 44.6. The predicted octanol–water partition coefficient (Wildman–Crippen LogP) is 5.10. The van der Waals surface area contributed by atoms with E-state index in [2.05, 4.69) is 31.2 Å². The molecule has 0 radical (unpaired) electrons. The Balaban J connectivity index is 1.87. The van der Waals surface area contributed by atoms with Crippen molar-refractivity contribution in [1.29, 1.82) is 0 Å². The molecule has 0 saturated carbocycles. The third kappa shape index (κ3) is 3.61. The van der Waals surface area contributed by atoms with E-state index in [0.717, 1.165) is 12.5 Å². The van der Waals surface area contributed by atoms with Gasteiger partial charge in [-0.05, 0) is 36.3 Å². The Morgan fingerprint density at radius 2 is 1.92 bits per heavy atom. The zero-order chi connectivity index (χ0) is 19.1. The van der Waals surface area contributed by atoms with Gasteiger partial charge in [-0.25, -0.2) is 0 Å². The summed E-state index contributed by atoms with van der Waals surface area (Å²) in [5, 5.41) is 6.18. The molecule has 2 aromatic rings. The van der Waals surface area contributed by atoms with Crippen LogP contribution in [0.3, 0.4) is 0 Å². The second-order valence-corrected chi connectivity index (χ2v) is 7.74. The van der Waals surface area contributed by atoms with Gasteiger partial charge in [0, 0.05) is 12.0 Å². The van der Waals surface area contributed by atoms with E-state index in [-0.39, 0.29) is 16.8 Å². The summed E-state index contributed by atoms with van der Waals surface area (Å²) in [6.45, 7) is 6.40. The number of alkyl halides is 3. The van der Waals surface area contributed by atoms with Crippen LogP contribution in [0.25, 0.3) is 0 Å². The molecule has 4 nitrogen and oxygen atoms in total. The van der Waals surface area contributed by atoms with Crippen LogP contribution in [0.5, 0.6) is 0 Å². The number of para-hydroxylation sites is 1. The van der Waals surface area contributed by atoms with Gasteiger partial charge >= 0.3 is 6.18 Å². The van der Waals surface area contributed by atoms with Crippen molar-refractivity contribution in [2.45, 2.75) is 46.2 Å². The maximum atomic E-state index is 13.1. The van der Waals surface area contributed by atoms with Crippen molar-refractivity contribution in [2.75, 3.05) is 5.32 Å². The molecule has 26 heavy (non-hydrogen) atoms. The molecule has 1 aromatic heterocycles. The summed E-state index contributed by atoms with van der Waals surface area (Å²) in [5.74, 6) is 0.324. The molecule has 1 aliphatic rings. The molecule has 0 unspecified atom stereocenters. The van der Waals surface area contributed by atoms with Crippen molar-refractivity contribution in [3.8, 4) is 0 Å². The molecule has 140 valence electrons. The predicted molar refractivity (Wildman–Crippen MR) is 90.9 cm³/mol. The lowest BCUT2D eigenvalue weighted by Crippen LogP contribution is -2.28. The standard InChI is InChI=1S/C19H21F3N2O2/c1-18(2,3)11-8-9-15-12(10-11)16(24-26-15)17(25)23-14-7-5-4-6-13(14)19(20,21)22/h4-7,11H,8-10H2,1-3H3,(H,23,25)/t11-/m0/s1. The van der Waals surface area contributed by atoms with E-state index < -0.39 is 17.6 Å². The Bertz CT molecular complexity index is 819. The number of anilines is 1. The lowest BCUT2D eigenvalue weighted by molar-refractivity contribution is -0.136. The third-order valence-corrected chi connectivity index (χ3v) is 4.96. The van der Waals surface area contributed by atoms with Gasteiger partial charge in [-0.15, -0.1) is 0 Å². The van der Waals surface area contributed by atoms with Gasteiger partial charge in [0.1, 0.15) is 5.76 Å². The third-order valence-electron chi connectivity index (χ3n) is 4.96. The van der Waals surface area contributed by atoms with Crippen LogP contribution >= 0.6 is 0 Å². The van der Waals surface area contributed by atoms with Crippen LogP contribution in [0.15, 0.2) is 28.8 Å². The number of hydrogen-bond donors (Lipinski definition) is 1. The van der Waals surface area contributed by atoms with E-state index in [9.17, 15) is 18.0 Å². The van der Waals surface area contributed by atoms with Crippen LogP contribution in [0.4, 0.5) is 18.9 Å². The highest BCUT2D eigenvalue weighted by atomic mass is 19.4. The normalized spacial score (nSPS) is 17.7. The highest BCUT2D eigenvalue weighted by molar-refractivity contribution is 6.04. The molecule has 0 saturated heterocycles. The quantitative estimate of drug-likeness (QED) is 0.805. The molecule has 0 bridgehead atoms. The first-order valence-corrected chi connectivity index (χ1v) is 8.52. The smallest absolute Gasteiger partial charge is 0.360 e. The Hall–Kier alpha value is -2.31. The topological polar surface area (TPSA) is 55.1 Å². The van der Waals surface area contributed by atoms with Gasteiger partial charge in [-0.3, -0.25) is 4.79 Å². The summed E-state index contributed by atoms with van der Waals surface area (Å²) in [6, 6.07) is 4.89. The number of halogens is 3. The number of benzene rings is 1. The van der Waals surface area contributed by atoms with Gasteiger partial charge in [-0.2, -0.15) is 13.2 Å². The number of nitrogens with one attached hydrogen (secondary N) is 1. The first kappa shape index (κ1) is 18.5. The average Bonchev–Trinajstić information content (AvgIpc) is 2.96. The van der Waals surface area contributed by atoms with E-state index in [0.29, 0.717) is 30.1 Å². The van der Waals surface area contributed by atoms with Crippen LogP contribution in [-0.4, -0.2) is 11.1 Å². The SMILES string of the molecule is CC(C)(C)[C@H]1CCc2onc(C(=O)Nc3ccccc3C(F)(F)F)c2C1. The van der Waals surface area contributed by atoms with Crippen molar-refractivity contribution in [2.24, 2.45) is 11.3 Å². The van der Waals surface area contributed by atoms with Gasteiger partial charge in [0.2, 0.25) is 0 Å². The fraction of sp³-hybridized carbons (Fsp3) is 0.474. The number of aromatic nitrogens is 1. The Morgan fingerprint density at radius 3 is 2.58 bits per heavy atom. The number of fused-ring (bicyclic) bond motifs is 1. The lowest BCUT2D eigenvalue weighted by Gasteiger charge is -2.33. The maximum Gasteiger partial charge on any atom is 0.418 e. The molecule has 1 amide bonds. The summed E-state index contributed by atoms with van der Waals surface area (Å²) in [4.78, 5) is 12.6. The highest BCUT2D eigenvalue weighted by Gasteiger charge is 2.36. The number of hydrogen-bond acceptors (Lipinski definition) is 3. The minimum atomic E-state index is -4.55. The van der Waals surface area contributed by atoms with Gasteiger partial charge < -0.3 is 9.84 Å². The molecule has 0 fully saturated rings. The van der Waals surface area contributed by atoms with Gasteiger partial charge in [0.25, 0.3) is 5.91 Å². The summed E-state index contributed by atoms with van der Waals surface area (Å²) in [6.07, 6.45) is -2.31. The first-order chi connectivity index (χ1) is 12.1. The molecule has 1 aromatic carbocycles. The fourth-order valence-corrected chi connectivity index (χ4v) is 3.34. The zero-order valence-electron chi connectivity index (χ0n) is 14.9. The molecule has 0 aliphatic heterocycles. The molecule has 0 spiro atoms. The molecule has 1 N–H and O–H groups in total. The van der Waals surface area contributed by atoms with Crippen LogP contribution in [-0.2, 0) is 19.0 Å². The minimum absolute atomic E-state index is 0.0611. The number of rotatable bonds is 2. The Morgan fingerprint density at radius 1 is 1.23 bits per heavy atom. The van der Waals surface area contributed by atoms with Crippen molar-refractivity contribution >= 4 is 11.6 Å². The first-order valence-electron chi connectivity index (χ1n) is 8.52. The van der Waals surface area contributed by atoms with Crippen LogP contribution in [0.2, 0.25) is 0 Å². The van der Waals surface area contributed by atoms with Crippen LogP contribution in [0, 0.1) is 11.3 Å². The van der Waals surface area contributed by atoms with Gasteiger partial charge in [0.05, 0.1) is 11.3 Å². The lowest BCUT2D eigenvalue weighted by atomic mass is 9.71. The summed E-state index contributed by atoms with van der Waals surface area (Å²) in [5.41, 5.74) is -0.335. The number of aryl methyl sites for hydroxylation is 1. The van der Waals surface area contributed by atoms with E-state index >= 15 is 0 Å². The monoisotopic (exact) mass is 366 g/mol. The fourth-order valence-electron chi connectivity index (χ4n) is 3.34. The van der Waals surface area contributed by atoms with E-state index in [1.54, 1.807) is 0 Å². The van der Waals surface area contributed by atoms with Gasteiger partial charge in [-0.1, -0.05) is 38.1 Å². The average molecular weight is 366 g/mol. The molecule has 1 aliphatic carbocycles. The molecular formula is C19H21F3N2O2. The number of amides is 1. The molecule has 1 heterocycles. The van der Waals surface area contributed by atoms with Crippen molar-refractivity contribution < 1.29 is 22.5 Å². The van der Waals surface area contributed by atoms with E-state index in [4.69, 9.17) is 4.52 Å². The van der Waals surface area contributed by atoms with E-state index in [1.165, 1.54) is 18.2 Å². The molecule has 7 heteroatoms. The van der Waals surface area contributed by atoms with Gasteiger partial charge in [0.15, 0.2) is 5.69 Å². The summed E-state index contributed by atoms with van der Waals surface area (Å²) >= 11 is 0. The Kier molecular flexibility index (Phi) is 4.58. The second kappa shape index (κ2) is 6.45. The number of nitrogens with zero attached hydrogens (tertiary/aromatic N) is 1. The zero-order valence-corrected chi connectivity index (χ0v) is 14.9. The van der Waals surface area contributed by atoms with Crippen molar-refractivity contribution in [3.63, 3.8) is 0 Å². The van der Waals surface area contributed by atoms with Crippen LogP contribution in [0.1, 0.15) is 54.6 Å². The molecule has 1 atom stereocenters. The summed E-state index contributed by atoms with van der Waals surface area (Å²) in [7, 11) is 0. The van der Waals surface area contributed by atoms with E-state index in [1.807, 2.05) is 0 Å².